The molecule has 20 heavy (non-hydrogen) atoms. The van der Waals surface area contributed by atoms with Gasteiger partial charge in [-0.15, -0.1) is 0 Å². The highest BCUT2D eigenvalue weighted by atomic mass is 35.5. The van der Waals surface area contributed by atoms with Crippen molar-refractivity contribution in [3.05, 3.63) is 23.3 Å². The quantitative estimate of drug-likeness (QED) is 0.324. The molecule has 11 heteroatoms. The van der Waals surface area contributed by atoms with E-state index in [1.807, 2.05) is 0 Å². The van der Waals surface area contributed by atoms with Crippen LogP contribution >= 0.6 is 58.0 Å². The maximum absolute atomic E-state index is 12.5. The van der Waals surface area contributed by atoms with Crippen molar-refractivity contribution < 1.29 is 18.0 Å². The van der Waals surface area contributed by atoms with Gasteiger partial charge in [-0.2, -0.15) is 13.2 Å². The summed E-state index contributed by atoms with van der Waals surface area (Å²) in [7, 11) is 0. The third-order valence-corrected chi connectivity index (χ3v) is 4.63. The molecule has 3 nitrogen and oxygen atoms in total. The molecular formula is C9H8Cl5F3N2O. The van der Waals surface area contributed by atoms with Crippen LogP contribution in [0.4, 0.5) is 13.2 Å². The van der Waals surface area contributed by atoms with Crippen LogP contribution in [0.2, 0.25) is 0 Å². The number of alkyl halides is 7. The van der Waals surface area contributed by atoms with Crippen molar-refractivity contribution in [3.8, 4) is 0 Å². The summed E-state index contributed by atoms with van der Waals surface area (Å²) in [5.74, 6) is 8.00. The van der Waals surface area contributed by atoms with E-state index < -0.39 is 37.7 Å². The number of hydrogen-bond donors (Lipinski definition) is 2. The van der Waals surface area contributed by atoms with Crippen molar-refractivity contribution in [2.75, 3.05) is 0 Å². The molecule has 4 N–H and O–H groups in total. The SMILES string of the molecule is NN.O=C(Cl)C1=C(CC(F)(F)F)C(Cl)(Cl)C(Cl)(Cl)C=C1. The Balaban J connectivity index is 0.00000172. The molecule has 0 bridgehead atoms. The van der Waals surface area contributed by atoms with E-state index in [4.69, 9.17) is 58.0 Å². The molecule has 0 aromatic heterocycles. The Hall–Kier alpha value is 0.310. The first-order chi connectivity index (χ1) is 8.88. The lowest BCUT2D eigenvalue weighted by molar-refractivity contribution is -0.127. The molecule has 0 spiro atoms. The van der Waals surface area contributed by atoms with E-state index in [9.17, 15) is 18.0 Å². The first kappa shape index (κ1) is 20.3. The zero-order valence-electron chi connectivity index (χ0n) is 9.45. The van der Waals surface area contributed by atoms with Gasteiger partial charge in [-0.1, -0.05) is 52.5 Å². The highest BCUT2D eigenvalue weighted by molar-refractivity contribution is 6.69. The predicted octanol–water partition coefficient (Wildman–Crippen LogP) is 3.74. The van der Waals surface area contributed by atoms with Crippen molar-refractivity contribution >= 4 is 63.2 Å². The summed E-state index contributed by atoms with van der Waals surface area (Å²) in [5, 5.41) is -1.12. The monoisotopic (exact) mass is 392 g/mol. The van der Waals surface area contributed by atoms with Crippen molar-refractivity contribution in [2.24, 2.45) is 11.7 Å². The van der Waals surface area contributed by atoms with Crippen LogP contribution < -0.4 is 11.7 Å². The molecule has 0 radical (unpaired) electrons. The van der Waals surface area contributed by atoms with E-state index in [-0.39, 0.29) is 0 Å². The number of hydrazine groups is 1. The second-order valence-electron chi connectivity index (χ2n) is 3.49. The second kappa shape index (κ2) is 7.05. The van der Waals surface area contributed by atoms with Gasteiger partial charge >= 0.3 is 6.18 Å². The molecule has 0 saturated carbocycles. The van der Waals surface area contributed by atoms with Crippen molar-refractivity contribution in [1.29, 1.82) is 0 Å². The average Bonchev–Trinajstić information content (AvgIpc) is 2.26. The normalized spacial score (nSPS) is 20.3. The van der Waals surface area contributed by atoms with Crippen LogP contribution in [0.15, 0.2) is 23.3 Å². The Morgan fingerprint density at radius 1 is 1.20 bits per heavy atom. The third-order valence-electron chi connectivity index (χ3n) is 2.17. The zero-order chi connectivity index (χ0) is 16.4. The smallest absolute Gasteiger partial charge is 0.276 e. The summed E-state index contributed by atoms with van der Waals surface area (Å²) in [4.78, 5) is 11.1. The first-order valence-electron chi connectivity index (χ1n) is 4.67. The number of halogens is 8. The van der Waals surface area contributed by atoms with Crippen LogP contribution in [0.25, 0.3) is 0 Å². The van der Waals surface area contributed by atoms with Gasteiger partial charge in [0.05, 0.1) is 6.42 Å². The number of allylic oxidation sites excluding steroid dienone is 4. The van der Waals surface area contributed by atoms with Crippen LogP contribution in [-0.4, -0.2) is 20.1 Å². The Labute approximate surface area is 137 Å². The van der Waals surface area contributed by atoms with Crippen LogP contribution in [-0.2, 0) is 4.79 Å². The van der Waals surface area contributed by atoms with Gasteiger partial charge in [-0.05, 0) is 23.3 Å². The van der Waals surface area contributed by atoms with Gasteiger partial charge in [0, 0.05) is 5.57 Å². The fourth-order valence-electron chi connectivity index (χ4n) is 1.35. The summed E-state index contributed by atoms with van der Waals surface area (Å²) in [6.45, 7) is 0. The fraction of sp³-hybridized carbons (Fsp3) is 0.444. The van der Waals surface area contributed by atoms with E-state index in [2.05, 4.69) is 11.7 Å². The maximum Gasteiger partial charge on any atom is 0.392 e. The van der Waals surface area contributed by atoms with E-state index in [0.717, 1.165) is 12.2 Å². The summed E-state index contributed by atoms with van der Waals surface area (Å²) >= 11 is 28.1. The van der Waals surface area contributed by atoms with Crippen molar-refractivity contribution in [2.45, 2.75) is 21.3 Å². The van der Waals surface area contributed by atoms with Gasteiger partial charge in [-0.25, -0.2) is 0 Å². The van der Waals surface area contributed by atoms with E-state index in [1.54, 1.807) is 0 Å². The second-order valence-corrected chi connectivity index (χ2v) is 6.55. The minimum atomic E-state index is -4.64. The van der Waals surface area contributed by atoms with E-state index >= 15 is 0 Å². The molecule has 0 aromatic carbocycles. The number of carbonyl (C=O) groups excluding carboxylic acids is 1. The van der Waals surface area contributed by atoms with Gasteiger partial charge < -0.3 is 0 Å². The summed E-state index contributed by atoms with van der Waals surface area (Å²) in [6, 6.07) is 0. The lowest BCUT2D eigenvalue weighted by Crippen LogP contribution is -2.41. The molecule has 1 aliphatic rings. The molecule has 0 amide bonds. The third kappa shape index (κ3) is 4.66. The molecule has 1 rings (SSSR count). The van der Waals surface area contributed by atoms with Gasteiger partial charge in [0.25, 0.3) is 5.24 Å². The molecule has 0 unspecified atom stereocenters. The standard InChI is InChI=1S/C9H4Cl5F3O.H4N2/c10-6(18)4-1-2-7(11,12)9(13,14)5(4)3-8(15,16)17;1-2/h1-2H,3H2;1-2H2. The van der Waals surface area contributed by atoms with Crippen molar-refractivity contribution in [1.82, 2.24) is 0 Å². The van der Waals surface area contributed by atoms with Crippen LogP contribution in [0.3, 0.4) is 0 Å². The predicted molar refractivity (Wildman–Crippen MR) is 74.9 cm³/mol. The molecule has 1 aliphatic carbocycles. The molecule has 0 heterocycles. The first-order valence-corrected chi connectivity index (χ1v) is 6.56. The maximum atomic E-state index is 12.5. The largest absolute Gasteiger partial charge is 0.392 e. The summed E-state index contributed by atoms with van der Waals surface area (Å²) in [6.07, 6.45) is -4.21. The molecule has 0 atom stereocenters. The molecule has 116 valence electrons. The zero-order valence-corrected chi connectivity index (χ0v) is 13.2. The highest BCUT2D eigenvalue weighted by Gasteiger charge is 2.53. The minimum absolute atomic E-state index is 0.462. The number of hydrogen-bond acceptors (Lipinski definition) is 3. The van der Waals surface area contributed by atoms with E-state index in [0.29, 0.717) is 0 Å². The van der Waals surface area contributed by atoms with Crippen molar-refractivity contribution in [3.63, 3.8) is 0 Å². The van der Waals surface area contributed by atoms with Gasteiger partial charge in [0.1, 0.15) is 0 Å². The minimum Gasteiger partial charge on any atom is -0.276 e. The Morgan fingerprint density at radius 3 is 2.00 bits per heavy atom. The Kier molecular flexibility index (Phi) is 7.16. The van der Waals surface area contributed by atoms with Crippen LogP contribution in [0, 0.1) is 0 Å². The lowest BCUT2D eigenvalue weighted by atomic mass is 9.93. The summed E-state index contributed by atoms with van der Waals surface area (Å²) in [5.41, 5.74) is -1.14. The number of nitrogens with two attached hydrogens (primary N) is 2. The molecule has 0 aromatic rings. The topological polar surface area (TPSA) is 69.1 Å². The fourth-order valence-corrected chi connectivity index (χ4v) is 2.35. The van der Waals surface area contributed by atoms with Gasteiger partial charge in [-0.3, -0.25) is 16.5 Å². The molecular weight excluding hydrogens is 386 g/mol. The van der Waals surface area contributed by atoms with E-state index in [1.165, 1.54) is 0 Å². The van der Waals surface area contributed by atoms with Gasteiger partial charge in [0.2, 0.25) is 0 Å². The van der Waals surface area contributed by atoms with Crippen LogP contribution in [0.1, 0.15) is 6.42 Å². The molecule has 0 aliphatic heterocycles. The average molecular weight is 394 g/mol. The van der Waals surface area contributed by atoms with Crippen LogP contribution in [0.5, 0.6) is 0 Å². The summed E-state index contributed by atoms with van der Waals surface area (Å²) < 4.78 is 33.1. The highest BCUT2D eigenvalue weighted by Crippen LogP contribution is 2.54. The Bertz CT molecular complexity index is 445. The van der Waals surface area contributed by atoms with Gasteiger partial charge in [0.15, 0.2) is 8.67 Å². The number of carbonyl (C=O) groups is 1. The lowest BCUT2D eigenvalue weighted by Gasteiger charge is -2.36. The Morgan fingerprint density at radius 2 is 1.65 bits per heavy atom. The molecule has 0 saturated heterocycles. The molecule has 0 fully saturated rings. The number of rotatable bonds is 2.